The van der Waals surface area contributed by atoms with Crippen molar-refractivity contribution in [2.24, 2.45) is 0 Å². The Morgan fingerprint density at radius 1 is 1.11 bits per heavy atom. The zero-order valence-electron chi connectivity index (χ0n) is 14.4. The molecule has 6 heteroatoms. The van der Waals surface area contributed by atoms with Crippen molar-refractivity contribution in [2.75, 3.05) is 6.61 Å². The van der Waals surface area contributed by atoms with Crippen LogP contribution in [0.5, 0.6) is 0 Å². The minimum Gasteiger partial charge on any atom is -0.394 e. The van der Waals surface area contributed by atoms with Crippen LogP contribution >= 0.6 is 11.6 Å². The van der Waals surface area contributed by atoms with E-state index in [1.54, 1.807) is 18.2 Å². The van der Waals surface area contributed by atoms with Crippen molar-refractivity contribution in [1.29, 1.82) is 0 Å². The van der Waals surface area contributed by atoms with E-state index in [2.05, 4.69) is 5.92 Å². The largest absolute Gasteiger partial charge is 0.394 e. The molecule has 1 fully saturated rings. The Hall–Kier alpha value is -1.94. The number of rotatable bonds is 4. The van der Waals surface area contributed by atoms with Gasteiger partial charge in [0, 0.05) is 10.6 Å². The lowest BCUT2D eigenvalue weighted by molar-refractivity contribution is -0.214. The number of aliphatic hydroxyl groups is 3. The number of alkyl halides is 1. The minimum absolute atomic E-state index is 0.526. The summed E-state index contributed by atoms with van der Waals surface area (Å²) in [7, 11) is 0. The second kappa shape index (κ2) is 8.39. The van der Waals surface area contributed by atoms with Crippen molar-refractivity contribution in [3.05, 3.63) is 69.7 Å². The molecule has 27 heavy (non-hydrogen) atoms. The van der Waals surface area contributed by atoms with Crippen molar-refractivity contribution >= 4 is 11.6 Å². The highest BCUT2D eigenvalue weighted by molar-refractivity contribution is 6.31. The van der Waals surface area contributed by atoms with Gasteiger partial charge in [-0.05, 0) is 41.3 Å². The maximum Gasteiger partial charge on any atom is 0.157 e. The van der Waals surface area contributed by atoms with Gasteiger partial charge in [0.25, 0.3) is 0 Å². The maximum atomic E-state index is 13.9. The summed E-state index contributed by atoms with van der Waals surface area (Å²) >= 11 is 6.30. The molecule has 0 radical (unpaired) electrons. The van der Waals surface area contributed by atoms with Gasteiger partial charge in [0.1, 0.15) is 24.4 Å². The van der Waals surface area contributed by atoms with Crippen LogP contribution < -0.4 is 0 Å². The van der Waals surface area contributed by atoms with Gasteiger partial charge < -0.3 is 20.1 Å². The predicted octanol–water partition coefficient (Wildman–Crippen LogP) is 2.40. The second-order valence-electron chi connectivity index (χ2n) is 6.57. The van der Waals surface area contributed by atoms with Gasteiger partial charge in [-0.1, -0.05) is 41.8 Å². The van der Waals surface area contributed by atoms with E-state index in [9.17, 15) is 19.7 Å². The highest BCUT2D eigenvalue weighted by atomic mass is 35.5. The van der Waals surface area contributed by atoms with Crippen LogP contribution in [0.2, 0.25) is 5.02 Å². The molecule has 0 aromatic heterocycles. The maximum absolute atomic E-state index is 13.9. The molecule has 5 atom stereocenters. The fourth-order valence-corrected chi connectivity index (χ4v) is 3.38. The molecule has 3 N–H and O–H groups in total. The first-order chi connectivity index (χ1) is 12.9. The van der Waals surface area contributed by atoms with Crippen LogP contribution in [-0.4, -0.2) is 46.4 Å². The van der Waals surface area contributed by atoms with Gasteiger partial charge in [0.15, 0.2) is 6.17 Å². The summed E-state index contributed by atoms with van der Waals surface area (Å²) in [6.45, 7) is -0.594. The Labute approximate surface area is 162 Å². The normalized spacial score (nSPS) is 27.9. The number of halogens is 2. The van der Waals surface area contributed by atoms with Gasteiger partial charge in [0.2, 0.25) is 0 Å². The summed E-state index contributed by atoms with van der Waals surface area (Å²) in [6, 6.07) is 12.6. The fourth-order valence-electron chi connectivity index (χ4n) is 3.20. The number of benzene rings is 2. The van der Waals surface area contributed by atoms with Crippen LogP contribution in [0.3, 0.4) is 0 Å². The molecule has 0 spiro atoms. The Morgan fingerprint density at radius 2 is 1.81 bits per heavy atom. The standard InChI is InChI=1S/C21H20ClFO4/c1-2-12-3-5-13(6-4-12)9-15-10-14(7-8-16(15)22)21-20(26)19(25)18(23)17(11-24)27-21/h1,3-8,10,17-21,24-26H,9,11H2/t17-,18-,19+,20-,21+/m1/s1. The van der Waals surface area contributed by atoms with E-state index in [1.807, 2.05) is 24.3 Å². The van der Waals surface area contributed by atoms with E-state index in [-0.39, 0.29) is 0 Å². The first kappa shape index (κ1) is 19.8. The van der Waals surface area contributed by atoms with Crippen molar-refractivity contribution in [3.8, 4) is 12.3 Å². The van der Waals surface area contributed by atoms with E-state index in [1.165, 1.54) is 0 Å². The highest BCUT2D eigenvalue weighted by Crippen LogP contribution is 2.35. The van der Waals surface area contributed by atoms with Crippen molar-refractivity contribution in [2.45, 2.75) is 37.0 Å². The minimum atomic E-state index is -1.86. The number of hydrogen-bond acceptors (Lipinski definition) is 4. The summed E-state index contributed by atoms with van der Waals surface area (Å²) in [6.07, 6.45) is -1.24. The van der Waals surface area contributed by atoms with Crippen LogP contribution in [0.1, 0.15) is 28.4 Å². The van der Waals surface area contributed by atoms with Gasteiger partial charge in [-0.2, -0.15) is 0 Å². The fraction of sp³-hybridized carbons (Fsp3) is 0.333. The number of aliphatic hydroxyl groups excluding tert-OH is 3. The molecular formula is C21H20ClFO4. The molecule has 1 aliphatic rings. The monoisotopic (exact) mass is 390 g/mol. The molecule has 0 amide bonds. The van der Waals surface area contributed by atoms with E-state index >= 15 is 0 Å². The van der Waals surface area contributed by atoms with Crippen LogP contribution in [0.4, 0.5) is 4.39 Å². The smallest absolute Gasteiger partial charge is 0.157 e. The average Bonchev–Trinajstić information content (AvgIpc) is 2.69. The highest BCUT2D eigenvalue weighted by Gasteiger charge is 2.45. The summed E-state index contributed by atoms with van der Waals surface area (Å²) in [4.78, 5) is 0. The van der Waals surface area contributed by atoms with Crippen molar-refractivity contribution in [1.82, 2.24) is 0 Å². The van der Waals surface area contributed by atoms with Gasteiger partial charge >= 0.3 is 0 Å². The number of hydrogen-bond donors (Lipinski definition) is 3. The third kappa shape index (κ3) is 4.16. The SMILES string of the molecule is C#Cc1ccc(Cc2cc([C@@H]3O[C@H](CO)[C@@H](F)[C@H](O)[C@H]3O)ccc2Cl)cc1. The Bertz CT molecular complexity index is 831. The molecule has 142 valence electrons. The molecule has 3 rings (SSSR count). The van der Waals surface area contributed by atoms with Crippen LogP contribution in [0, 0.1) is 12.3 Å². The summed E-state index contributed by atoms with van der Waals surface area (Å²) in [5.41, 5.74) is 3.11. The van der Waals surface area contributed by atoms with Gasteiger partial charge in [0.05, 0.1) is 6.61 Å². The zero-order chi connectivity index (χ0) is 19.6. The topological polar surface area (TPSA) is 69.9 Å². The predicted molar refractivity (Wildman–Crippen MR) is 100 cm³/mol. The second-order valence-corrected chi connectivity index (χ2v) is 6.98. The molecule has 0 unspecified atom stereocenters. The van der Waals surface area contributed by atoms with E-state index < -0.39 is 37.2 Å². The molecule has 1 aliphatic heterocycles. The molecule has 0 aliphatic carbocycles. The molecule has 4 nitrogen and oxygen atoms in total. The number of ether oxygens (including phenoxy) is 1. The molecule has 1 heterocycles. The first-order valence-corrected chi connectivity index (χ1v) is 8.92. The molecular weight excluding hydrogens is 371 g/mol. The summed E-state index contributed by atoms with van der Waals surface area (Å²) < 4.78 is 19.4. The van der Waals surface area contributed by atoms with Crippen molar-refractivity contribution < 1.29 is 24.4 Å². The van der Waals surface area contributed by atoms with E-state index in [4.69, 9.17) is 22.8 Å². The lowest BCUT2D eigenvalue weighted by atomic mass is 9.90. The molecule has 0 saturated carbocycles. The van der Waals surface area contributed by atoms with Crippen LogP contribution in [0.15, 0.2) is 42.5 Å². The summed E-state index contributed by atoms with van der Waals surface area (Å²) in [5, 5.41) is 30.0. The molecule has 0 bridgehead atoms. The Balaban J connectivity index is 1.86. The molecule has 1 saturated heterocycles. The summed E-state index contributed by atoms with van der Waals surface area (Å²) in [5.74, 6) is 2.56. The van der Waals surface area contributed by atoms with E-state index in [0.29, 0.717) is 17.0 Å². The van der Waals surface area contributed by atoms with Gasteiger partial charge in [-0.25, -0.2) is 4.39 Å². The lowest BCUT2D eigenvalue weighted by Gasteiger charge is -2.39. The average molecular weight is 391 g/mol. The Morgan fingerprint density at radius 3 is 2.44 bits per heavy atom. The third-order valence-corrected chi connectivity index (χ3v) is 5.13. The Kier molecular flexibility index (Phi) is 6.15. The van der Waals surface area contributed by atoms with Gasteiger partial charge in [-0.3, -0.25) is 0 Å². The van der Waals surface area contributed by atoms with Gasteiger partial charge in [-0.15, -0.1) is 6.42 Å². The number of terminal acetylenes is 1. The van der Waals surface area contributed by atoms with Crippen molar-refractivity contribution in [3.63, 3.8) is 0 Å². The molecule has 2 aromatic rings. The van der Waals surface area contributed by atoms with Crippen LogP contribution in [-0.2, 0) is 11.2 Å². The zero-order valence-corrected chi connectivity index (χ0v) is 15.2. The lowest BCUT2D eigenvalue weighted by Crippen LogP contribution is -2.53. The third-order valence-electron chi connectivity index (χ3n) is 4.76. The quantitative estimate of drug-likeness (QED) is 0.701. The van der Waals surface area contributed by atoms with Crippen LogP contribution in [0.25, 0.3) is 0 Å². The first-order valence-electron chi connectivity index (χ1n) is 8.55. The molecule has 2 aromatic carbocycles. The van der Waals surface area contributed by atoms with E-state index in [0.717, 1.165) is 16.7 Å².